The predicted molar refractivity (Wildman–Crippen MR) is 106 cm³/mol. The molecule has 3 nitrogen and oxygen atoms in total. The number of nitrogens with zero attached hydrogens (tertiary/aromatic N) is 2. The first-order chi connectivity index (χ1) is 12.0. The quantitative estimate of drug-likeness (QED) is 0.510. The summed E-state index contributed by atoms with van der Waals surface area (Å²) < 4.78 is 8.10. The Morgan fingerprint density at radius 3 is 2.96 bits per heavy atom. The molecule has 2 aliphatic rings. The molecule has 2 aromatic rings. The van der Waals surface area contributed by atoms with Crippen molar-refractivity contribution in [2.24, 2.45) is 17.3 Å². The Kier molecular flexibility index (Phi) is 4.19. The van der Waals surface area contributed by atoms with Crippen molar-refractivity contribution in [3.63, 3.8) is 0 Å². The van der Waals surface area contributed by atoms with Crippen LogP contribution in [0.3, 0.4) is 0 Å². The molecule has 1 aromatic heterocycles. The van der Waals surface area contributed by atoms with Gasteiger partial charge >= 0.3 is 0 Å². The highest BCUT2D eigenvalue weighted by molar-refractivity contribution is 7.80. The summed E-state index contributed by atoms with van der Waals surface area (Å²) in [5.41, 5.74) is 3.86. The van der Waals surface area contributed by atoms with Crippen LogP contribution >= 0.6 is 12.2 Å². The number of fused-ring (bicyclic) bond motifs is 2. The van der Waals surface area contributed by atoms with Crippen LogP contribution in [-0.4, -0.2) is 20.8 Å². The summed E-state index contributed by atoms with van der Waals surface area (Å²) in [6.07, 6.45) is 8.85. The second-order valence-electron chi connectivity index (χ2n) is 8.00. The minimum absolute atomic E-state index is 0.175. The molecule has 0 radical (unpaired) electrons. The van der Waals surface area contributed by atoms with Gasteiger partial charge in [0.2, 0.25) is 0 Å². The first-order valence-corrected chi connectivity index (χ1v) is 9.72. The maximum Gasteiger partial charge on any atom is 0.269 e. The Bertz CT molecular complexity index is 839. The molecule has 1 aromatic carbocycles. The van der Waals surface area contributed by atoms with Gasteiger partial charge in [0.1, 0.15) is 12.4 Å². The number of hydrogen-bond acceptors (Lipinski definition) is 3. The third kappa shape index (κ3) is 2.80. The summed E-state index contributed by atoms with van der Waals surface area (Å²) in [5, 5.41) is 0.514. The molecule has 0 saturated heterocycles. The zero-order chi connectivity index (χ0) is 17.6. The van der Waals surface area contributed by atoms with E-state index in [1.54, 1.807) is 11.9 Å². The summed E-state index contributed by atoms with van der Waals surface area (Å²) in [6.45, 7) is 7.24. The molecular weight excluding hydrogens is 328 g/mol. The fourth-order valence-electron chi connectivity index (χ4n) is 4.60. The zero-order valence-electron chi connectivity index (χ0n) is 15.2. The number of thiocarbonyl (C=S) groups is 1. The molecule has 2 unspecified atom stereocenters. The van der Waals surface area contributed by atoms with Crippen molar-refractivity contribution in [2.45, 2.75) is 52.6 Å². The lowest BCUT2D eigenvalue weighted by Gasteiger charge is -2.48. The Balaban J connectivity index is 1.50. The van der Waals surface area contributed by atoms with E-state index in [1.807, 2.05) is 28.8 Å². The summed E-state index contributed by atoms with van der Waals surface area (Å²) in [5.74, 6) is 1.50. The van der Waals surface area contributed by atoms with Gasteiger partial charge in [-0.25, -0.2) is 4.98 Å². The van der Waals surface area contributed by atoms with Gasteiger partial charge in [-0.05, 0) is 60.9 Å². The fraction of sp³-hybridized carbons (Fsp3) is 0.524. The van der Waals surface area contributed by atoms with Gasteiger partial charge in [0.05, 0.1) is 11.0 Å². The largest absolute Gasteiger partial charge is 0.467 e. The van der Waals surface area contributed by atoms with Gasteiger partial charge in [0, 0.05) is 6.42 Å². The number of imidazole rings is 1. The van der Waals surface area contributed by atoms with Crippen molar-refractivity contribution in [1.29, 1.82) is 0 Å². The van der Waals surface area contributed by atoms with Crippen LogP contribution in [0.25, 0.3) is 11.0 Å². The van der Waals surface area contributed by atoms with Crippen LogP contribution < -0.4 is 0 Å². The molecule has 25 heavy (non-hydrogen) atoms. The molecule has 0 amide bonds. The van der Waals surface area contributed by atoms with E-state index >= 15 is 0 Å². The maximum absolute atomic E-state index is 6.21. The molecular formula is C21H26N2OS. The van der Waals surface area contributed by atoms with Gasteiger partial charge in [-0.15, -0.1) is 0 Å². The lowest BCUT2D eigenvalue weighted by molar-refractivity contribution is 0.0693. The summed E-state index contributed by atoms with van der Waals surface area (Å²) >= 11 is 5.58. The molecule has 4 rings (SSSR count). The Hall–Kier alpha value is -1.68. The van der Waals surface area contributed by atoms with E-state index in [1.165, 1.54) is 12.8 Å². The lowest BCUT2D eigenvalue weighted by Crippen LogP contribution is -2.41. The fourth-order valence-corrected chi connectivity index (χ4v) is 4.88. The number of ether oxygens (including phenoxy) is 1. The maximum atomic E-state index is 6.21. The molecule has 1 saturated carbocycles. The zero-order valence-corrected chi connectivity index (χ0v) is 16.1. The Labute approximate surface area is 155 Å². The van der Waals surface area contributed by atoms with Crippen LogP contribution in [0.2, 0.25) is 0 Å². The molecule has 1 heterocycles. The van der Waals surface area contributed by atoms with Crippen LogP contribution in [0.5, 0.6) is 0 Å². The van der Waals surface area contributed by atoms with Gasteiger partial charge < -0.3 is 4.74 Å². The van der Waals surface area contributed by atoms with Gasteiger partial charge in [-0.2, -0.15) is 0 Å². The van der Waals surface area contributed by atoms with Crippen molar-refractivity contribution in [1.82, 2.24) is 9.55 Å². The monoisotopic (exact) mass is 354 g/mol. The second-order valence-corrected chi connectivity index (χ2v) is 8.35. The van der Waals surface area contributed by atoms with Crippen LogP contribution in [0.4, 0.5) is 0 Å². The SMILES string of the molecule is CC1CC=C2C[C@@H](OC(=S)n3cnc4ccccc43)CC[C@]2(C)C1C. The van der Waals surface area contributed by atoms with E-state index in [9.17, 15) is 0 Å². The average Bonchev–Trinajstić information content (AvgIpc) is 3.04. The minimum atomic E-state index is 0.175. The molecule has 0 spiro atoms. The molecule has 132 valence electrons. The minimum Gasteiger partial charge on any atom is -0.467 e. The Morgan fingerprint density at radius 2 is 2.12 bits per heavy atom. The molecule has 0 N–H and O–H groups in total. The highest BCUT2D eigenvalue weighted by atomic mass is 32.1. The van der Waals surface area contributed by atoms with Crippen molar-refractivity contribution in [2.75, 3.05) is 0 Å². The molecule has 1 fully saturated rings. The first kappa shape index (κ1) is 16.8. The molecule has 4 atom stereocenters. The average molecular weight is 355 g/mol. The summed E-state index contributed by atoms with van der Waals surface area (Å²) in [4.78, 5) is 4.41. The van der Waals surface area contributed by atoms with Crippen molar-refractivity contribution in [3.8, 4) is 0 Å². The third-order valence-corrected chi connectivity index (χ3v) is 6.97. The van der Waals surface area contributed by atoms with Crippen LogP contribution in [0, 0.1) is 17.3 Å². The van der Waals surface area contributed by atoms with E-state index in [-0.39, 0.29) is 6.10 Å². The highest BCUT2D eigenvalue weighted by Crippen LogP contribution is 2.52. The van der Waals surface area contributed by atoms with E-state index < -0.39 is 0 Å². The standard InChI is InChI=1S/C21H26N2OS/c1-14-8-9-16-12-17(10-11-21(16,3)15(14)2)24-20(25)23-13-22-18-6-4-5-7-19(18)23/h4-7,9,13-15,17H,8,10-12H2,1-3H3/t14?,15?,17-,21+/m0/s1. The molecule has 2 aliphatic carbocycles. The van der Waals surface area contributed by atoms with Crippen molar-refractivity contribution in [3.05, 3.63) is 42.2 Å². The Morgan fingerprint density at radius 1 is 1.32 bits per heavy atom. The second kappa shape index (κ2) is 6.24. The number of aromatic nitrogens is 2. The first-order valence-electron chi connectivity index (χ1n) is 9.31. The molecule has 0 bridgehead atoms. The number of rotatable bonds is 1. The van der Waals surface area contributed by atoms with Crippen molar-refractivity contribution >= 4 is 28.4 Å². The summed E-state index contributed by atoms with van der Waals surface area (Å²) in [6, 6.07) is 8.02. The van der Waals surface area contributed by atoms with Crippen LogP contribution in [-0.2, 0) is 4.74 Å². The molecule has 4 heteroatoms. The van der Waals surface area contributed by atoms with E-state index in [4.69, 9.17) is 17.0 Å². The third-order valence-electron chi connectivity index (χ3n) is 6.68. The van der Waals surface area contributed by atoms with Gasteiger partial charge in [0.25, 0.3) is 5.17 Å². The van der Waals surface area contributed by atoms with Crippen molar-refractivity contribution < 1.29 is 4.74 Å². The van der Waals surface area contributed by atoms with Gasteiger partial charge in [-0.3, -0.25) is 4.57 Å². The number of benzene rings is 1. The van der Waals surface area contributed by atoms with E-state index in [0.717, 1.165) is 35.7 Å². The van der Waals surface area contributed by atoms with Gasteiger partial charge in [-0.1, -0.05) is 44.6 Å². The van der Waals surface area contributed by atoms with Gasteiger partial charge in [0.15, 0.2) is 0 Å². The summed E-state index contributed by atoms with van der Waals surface area (Å²) in [7, 11) is 0. The number of hydrogen-bond donors (Lipinski definition) is 0. The normalized spacial score (nSPS) is 32.1. The number of allylic oxidation sites excluding steroid dienone is 1. The highest BCUT2D eigenvalue weighted by Gasteiger charge is 2.44. The topological polar surface area (TPSA) is 27.1 Å². The lowest BCUT2D eigenvalue weighted by atomic mass is 9.57. The van der Waals surface area contributed by atoms with E-state index in [2.05, 4.69) is 31.8 Å². The van der Waals surface area contributed by atoms with E-state index in [0.29, 0.717) is 10.6 Å². The van der Waals surface area contributed by atoms with Crippen LogP contribution in [0.1, 0.15) is 46.5 Å². The molecule has 0 aliphatic heterocycles. The predicted octanol–water partition coefficient (Wildman–Crippen LogP) is 5.35. The number of para-hydroxylation sites is 2. The van der Waals surface area contributed by atoms with Crippen LogP contribution in [0.15, 0.2) is 42.2 Å². The smallest absolute Gasteiger partial charge is 0.269 e.